The molecule has 2 N–H and O–H groups in total. The lowest BCUT2D eigenvalue weighted by atomic mass is 10.1. The minimum absolute atomic E-state index is 0.0809. The zero-order valence-electron chi connectivity index (χ0n) is 17.9. The molecule has 0 saturated carbocycles. The number of fused-ring (bicyclic) bond motifs is 1. The van der Waals surface area contributed by atoms with Gasteiger partial charge in [-0.15, -0.1) is 0 Å². The van der Waals surface area contributed by atoms with Crippen molar-refractivity contribution in [2.75, 3.05) is 37.6 Å². The Balaban J connectivity index is 1.27. The standard InChI is InChI=1S/C24H31N5O/c1-3-19-7-6-8-21-20(16-26-24(19)21)15-23(30)27-18(2)17-28-11-13-29(14-12-28)22-9-4-5-10-25-22/h4-10,16,18,26H,3,11-15,17H2,1-2H3,(H,27,30). The third kappa shape index (κ3) is 4.65. The second-order valence-corrected chi connectivity index (χ2v) is 8.13. The van der Waals surface area contributed by atoms with Gasteiger partial charge in [0, 0.05) is 62.1 Å². The molecule has 0 radical (unpaired) electrons. The van der Waals surface area contributed by atoms with Crippen molar-refractivity contribution >= 4 is 22.6 Å². The van der Waals surface area contributed by atoms with Crippen molar-refractivity contribution in [3.05, 3.63) is 59.9 Å². The van der Waals surface area contributed by atoms with Gasteiger partial charge in [-0.3, -0.25) is 9.69 Å². The molecule has 2 aromatic heterocycles. The fourth-order valence-corrected chi connectivity index (χ4v) is 4.35. The fraction of sp³-hybridized carbons (Fsp3) is 0.417. The molecule has 6 nitrogen and oxygen atoms in total. The molecule has 30 heavy (non-hydrogen) atoms. The summed E-state index contributed by atoms with van der Waals surface area (Å²) in [6, 6.07) is 12.5. The molecule has 1 unspecified atom stereocenters. The zero-order chi connectivity index (χ0) is 20.9. The van der Waals surface area contributed by atoms with E-state index in [0.717, 1.165) is 61.4 Å². The molecule has 3 heterocycles. The summed E-state index contributed by atoms with van der Waals surface area (Å²) in [5, 5.41) is 4.34. The van der Waals surface area contributed by atoms with Crippen molar-refractivity contribution in [1.82, 2.24) is 20.2 Å². The topological polar surface area (TPSA) is 64.3 Å². The van der Waals surface area contributed by atoms with E-state index in [4.69, 9.17) is 0 Å². The van der Waals surface area contributed by atoms with E-state index in [2.05, 4.69) is 63.2 Å². The maximum Gasteiger partial charge on any atom is 0.224 e. The minimum atomic E-state index is 0.0809. The first kappa shape index (κ1) is 20.4. The van der Waals surface area contributed by atoms with Crippen LogP contribution in [0, 0.1) is 0 Å². The van der Waals surface area contributed by atoms with E-state index in [0.29, 0.717) is 6.42 Å². The van der Waals surface area contributed by atoms with E-state index in [-0.39, 0.29) is 11.9 Å². The Morgan fingerprint density at radius 3 is 2.70 bits per heavy atom. The SMILES string of the molecule is CCc1cccc2c(CC(=O)NC(C)CN3CCN(c4ccccn4)CC3)c[nH]c12. The molecule has 1 amide bonds. The van der Waals surface area contributed by atoms with Gasteiger partial charge in [-0.05, 0) is 36.6 Å². The quantitative estimate of drug-likeness (QED) is 0.634. The highest BCUT2D eigenvalue weighted by Crippen LogP contribution is 2.22. The number of pyridine rings is 1. The van der Waals surface area contributed by atoms with Crippen molar-refractivity contribution in [3.63, 3.8) is 0 Å². The molecule has 1 aromatic carbocycles. The number of benzene rings is 1. The lowest BCUT2D eigenvalue weighted by molar-refractivity contribution is -0.121. The molecular formula is C24H31N5O. The Morgan fingerprint density at radius 1 is 1.13 bits per heavy atom. The number of hydrogen-bond acceptors (Lipinski definition) is 4. The van der Waals surface area contributed by atoms with E-state index < -0.39 is 0 Å². The number of carbonyl (C=O) groups excluding carboxylic acids is 1. The van der Waals surface area contributed by atoms with Crippen LogP contribution in [0.3, 0.4) is 0 Å². The first-order valence-electron chi connectivity index (χ1n) is 10.9. The summed E-state index contributed by atoms with van der Waals surface area (Å²) < 4.78 is 0. The van der Waals surface area contributed by atoms with Crippen LogP contribution in [0.25, 0.3) is 10.9 Å². The van der Waals surface area contributed by atoms with Crippen LogP contribution in [0.2, 0.25) is 0 Å². The molecule has 158 valence electrons. The Labute approximate surface area is 178 Å². The Morgan fingerprint density at radius 2 is 1.97 bits per heavy atom. The summed E-state index contributed by atoms with van der Waals surface area (Å²) in [6.07, 6.45) is 5.21. The molecule has 3 aromatic rings. The van der Waals surface area contributed by atoms with Crippen molar-refractivity contribution < 1.29 is 4.79 Å². The molecule has 1 aliphatic rings. The van der Waals surface area contributed by atoms with E-state index >= 15 is 0 Å². The number of aryl methyl sites for hydroxylation is 1. The maximum atomic E-state index is 12.6. The predicted octanol–water partition coefficient (Wildman–Crippen LogP) is 2.99. The summed E-state index contributed by atoms with van der Waals surface area (Å²) in [6.45, 7) is 9.01. The molecule has 1 fully saturated rings. The van der Waals surface area contributed by atoms with Gasteiger partial charge in [0.15, 0.2) is 0 Å². The second-order valence-electron chi connectivity index (χ2n) is 8.13. The van der Waals surface area contributed by atoms with Crippen LogP contribution in [-0.4, -0.2) is 59.5 Å². The Kier molecular flexibility index (Phi) is 6.33. The smallest absolute Gasteiger partial charge is 0.224 e. The zero-order valence-corrected chi connectivity index (χ0v) is 17.9. The number of para-hydroxylation sites is 1. The number of H-pyrrole nitrogens is 1. The van der Waals surface area contributed by atoms with E-state index in [1.54, 1.807) is 0 Å². The monoisotopic (exact) mass is 405 g/mol. The fourth-order valence-electron chi connectivity index (χ4n) is 4.35. The summed E-state index contributed by atoms with van der Waals surface area (Å²) in [7, 11) is 0. The highest BCUT2D eigenvalue weighted by atomic mass is 16.1. The number of piperazine rings is 1. The van der Waals surface area contributed by atoms with Crippen LogP contribution < -0.4 is 10.2 Å². The van der Waals surface area contributed by atoms with Crippen LogP contribution >= 0.6 is 0 Å². The summed E-state index contributed by atoms with van der Waals surface area (Å²) >= 11 is 0. The van der Waals surface area contributed by atoms with E-state index in [1.807, 2.05) is 24.5 Å². The van der Waals surface area contributed by atoms with Crippen molar-refractivity contribution in [2.45, 2.75) is 32.7 Å². The number of aromatic nitrogens is 2. The molecule has 6 heteroatoms. The number of aromatic amines is 1. The number of amides is 1. The lowest BCUT2D eigenvalue weighted by Gasteiger charge is -2.36. The van der Waals surface area contributed by atoms with Gasteiger partial charge in [0.2, 0.25) is 5.91 Å². The van der Waals surface area contributed by atoms with Crippen LogP contribution in [0.1, 0.15) is 25.0 Å². The molecule has 0 bridgehead atoms. The third-order valence-corrected chi connectivity index (χ3v) is 5.90. The molecular weight excluding hydrogens is 374 g/mol. The second kappa shape index (κ2) is 9.30. The van der Waals surface area contributed by atoms with E-state index in [1.165, 1.54) is 5.56 Å². The van der Waals surface area contributed by atoms with Crippen LogP contribution in [0.4, 0.5) is 5.82 Å². The number of nitrogens with zero attached hydrogens (tertiary/aromatic N) is 3. The molecule has 1 saturated heterocycles. The Hall–Kier alpha value is -2.86. The average molecular weight is 406 g/mol. The average Bonchev–Trinajstić information content (AvgIpc) is 3.17. The van der Waals surface area contributed by atoms with Gasteiger partial charge in [0.25, 0.3) is 0 Å². The first-order chi connectivity index (χ1) is 14.6. The summed E-state index contributed by atoms with van der Waals surface area (Å²) in [5.74, 6) is 1.13. The van der Waals surface area contributed by atoms with Crippen molar-refractivity contribution in [2.24, 2.45) is 0 Å². The lowest BCUT2D eigenvalue weighted by Crippen LogP contribution is -2.51. The van der Waals surface area contributed by atoms with Gasteiger partial charge < -0.3 is 15.2 Å². The van der Waals surface area contributed by atoms with Gasteiger partial charge >= 0.3 is 0 Å². The third-order valence-electron chi connectivity index (χ3n) is 5.90. The molecule has 0 spiro atoms. The van der Waals surface area contributed by atoms with Crippen molar-refractivity contribution in [1.29, 1.82) is 0 Å². The molecule has 1 aliphatic heterocycles. The number of carbonyl (C=O) groups is 1. The Bertz CT molecular complexity index is 976. The van der Waals surface area contributed by atoms with Crippen LogP contribution in [0.5, 0.6) is 0 Å². The van der Waals surface area contributed by atoms with Gasteiger partial charge in [-0.1, -0.05) is 31.2 Å². The van der Waals surface area contributed by atoms with Gasteiger partial charge in [0.05, 0.1) is 6.42 Å². The molecule has 0 aliphatic carbocycles. The predicted molar refractivity (Wildman–Crippen MR) is 122 cm³/mol. The number of rotatable bonds is 7. The minimum Gasteiger partial charge on any atom is -0.361 e. The van der Waals surface area contributed by atoms with Gasteiger partial charge in [0.1, 0.15) is 5.82 Å². The van der Waals surface area contributed by atoms with Gasteiger partial charge in [-0.25, -0.2) is 4.98 Å². The highest BCUT2D eigenvalue weighted by Gasteiger charge is 2.20. The van der Waals surface area contributed by atoms with Gasteiger partial charge in [-0.2, -0.15) is 0 Å². The highest BCUT2D eigenvalue weighted by molar-refractivity contribution is 5.90. The number of hydrogen-bond donors (Lipinski definition) is 2. The van der Waals surface area contributed by atoms with Crippen molar-refractivity contribution in [3.8, 4) is 0 Å². The number of nitrogens with one attached hydrogen (secondary N) is 2. The first-order valence-corrected chi connectivity index (χ1v) is 10.9. The normalized spacial score (nSPS) is 16.0. The summed E-state index contributed by atoms with van der Waals surface area (Å²) in [4.78, 5) is 25.2. The summed E-state index contributed by atoms with van der Waals surface area (Å²) in [5.41, 5.74) is 3.51. The van der Waals surface area contributed by atoms with E-state index in [9.17, 15) is 4.79 Å². The number of anilines is 1. The largest absolute Gasteiger partial charge is 0.361 e. The van der Waals surface area contributed by atoms with Crippen LogP contribution in [-0.2, 0) is 17.6 Å². The van der Waals surface area contributed by atoms with Crippen LogP contribution in [0.15, 0.2) is 48.8 Å². The molecule has 1 atom stereocenters. The molecule has 4 rings (SSSR count). The maximum absolute atomic E-state index is 12.6.